The Balaban J connectivity index is 1.72. The van der Waals surface area contributed by atoms with Gasteiger partial charge in [-0.25, -0.2) is 0 Å². The van der Waals surface area contributed by atoms with Gasteiger partial charge in [-0.3, -0.25) is 9.69 Å². The molecule has 1 saturated carbocycles. The van der Waals surface area contributed by atoms with Crippen molar-refractivity contribution in [2.24, 2.45) is 17.3 Å². The number of likely N-dealkylation sites (N-methyl/N-ethyl adjacent to an activating group) is 1. The average molecular weight is 293 g/mol. The fourth-order valence-electron chi connectivity index (χ4n) is 3.37. The molecule has 21 heavy (non-hydrogen) atoms. The van der Waals surface area contributed by atoms with Gasteiger partial charge in [-0.1, -0.05) is 25.5 Å². The minimum absolute atomic E-state index is 0.120. The molecule has 1 saturated heterocycles. The van der Waals surface area contributed by atoms with Crippen LogP contribution < -0.4 is 5.32 Å². The lowest BCUT2D eigenvalue weighted by Gasteiger charge is -2.32. The number of piperazine rings is 1. The maximum atomic E-state index is 12.3. The molecule has 0 spiro atoms. The maximum absolute atomic E-state index is 12.3. The van der Waals surface area contributed by atoms with Gasteiger partial charge in [0.25, 0.3) is 0 Å². The van der Waals surface area contributed by atoms with Gasteiger partial charge in [-0.15, -0.1) is 0 Å². The highest BCUT2D eigenvalue weighted by atomic mass is 16.2. The van der Waals surface area contributed by atoms with Crippen molar-refractivity contribution in [2.75, 3.05) is 46.3 Å². The first-order chi connectivity index (χ1) is 9.82. The minimum atomic E-state index is 0.120. The Morgan fingerprint density at radius 3 is 2.43 bits per heavy atom. The predicted octanol–water partition coefficient (Wildman–Crippen LogP) is 1.59. The summed E-state index contributed by atoms with van der Waals surface area (Å²) >= 11 is 0. The van der Waals surface area contributed by atoms with Crippen molar-refractivity contribution >= 4 is 5.91 Å². The molecule has 0 aromatic rings. The van der Waals surface area contributed by atoms with E-state index in [0.29, 0.717) is 5.92 Å². The highest BCUT2D eigenvalue weighted by Crippen LogP contribution is 2.59. The first kappa shape index (κ1) is 16.5. The molecule has 2 rings (SSSR count). The zero-order valence-corrected chi connectivity index (χ0v) is 14.3. The molecule has 1 N–H and O–H groups in total. The number of hydrogen-bond acceptors (Lipinski definition) is 3. The summed E-state index contributed by atoms with van der Waals surface area (Å²) in [5.41, 5.74) is 1.43. The molecule has 2 atom stereocenters. The lowest BCUT2D eigenvalue weighted by atomic mass is 10.1. The summed E-state index contributed by atoms with van der Waals surface area (Å²) in [6.45, 7) is 14.8. The van der Waals surface area contributed by atoms with Gasteiger partial charge in [-0.05, 0) is 32.2 Å². The van der Waals surface area contributed by atoms with Gasteiger partial charge in [0.2, 0.25) is 5.91 Å². The van der Waals surface area contributed by atoms with E-state index in [4.69, 9.17) is 0 Å². The molecule has 2 fully saturated rings. The van der Waals surface area contributed by atoms with Crippen molar-refractivity contribution < 1.29 is 4.79 Å². The summed E-state index contributed by atoms with van der Waals surface area (Å²) < 4.78 is 0. The third-order valence-electron chi connectivity index (χ3n) is 5.03. The number of allylic oxidation sites excluding steroid dienone is 2. The first-order valence-corrected chi connectivity index (χ1v) is 8.16. The number of nitrogens with one attached hydrogen (secondary N) is 1. The van der Waals surface area contributed by atoms with Crippen LogP contribution in [-0.4, -0.2) is 62.0 Å². The Hall–Kier alpha value is -0.870. The summed E-state index contributed by atoms with van der Waals surface area (Å²) in [4.78, 5) is 17.1. The normalized spacial score (nSPS) is 29.0. The Morgan fingerprint density at radius 1 is 1.24 bits per heavy atom. The van der Waals surface area contributed by atoms with E-state index in [1.54, 1.807) is 0 Å². The second kappa shape index (κ2) is 6.49. The van der Waals surface area contributed by atoms with Crippen LogP contribution in [0.15, 0.2) is 11.6 Å². The van der Waals surface area contributed by atoms with Crippen molar-refractivity contribution in [3.05, 3.63) is 11.6 Å². The van der Waals surface area contributed by atoms with E-state index in [9.17, 15) is 4.79 Å². The smallest absolute Gasteiger partial charge is 0.224 e. The van der Waals surface area contributed by atoms with Crippen molar-refractivity contribution in [3.8, 4) is 0 Å². The third-order valence-corrected chi connectivity index (χ3v) is 5.03. The SMILES string of the molecule is CC(C)=C[C@@H]1[C@H](C(=O)NCCN2CCN(C)CC2)C1(C)C. The van der Waals surface area contributed by atoms with Gasteiger partial charge in [0.1, 0.15) is 0 Å². The number of amides is 1. The Labute approximate surface area is 129 Å². The van der Waals surface area contributed by atoms with Gasteiger partial charge in [-0.2, -0.15) is 0 Å². The van der Waals surface area contributed by atoms with Crippen LogP contribution in [0.2, 0.25) is 0 Å². The molecular formula is C17H31N3O. The summed E-state index contributed by atoms with van der Waals surface area (Å²) in [5.74, 6) is 0.794. The van der Waals surface area contributed by atoms with Crippen LogP contribution in [0.1, 0.15) is 27.7 Å². The van der Waals surface area contributed by atoms with E-state index in [1.807, 2.05) is 0 Å². The van der Waals surface area contributed by atoms with E-state index in [-0.39, 0.29) is 17.2 Å². The fraction of sp³-hybridized carbons (Fsp3) is 0.824. The number of carbonyl (C=O) groups is 1. The Morgan fingerprint density at radius 2 is 1.86 bits per heavy atom. The maximum Gasteiger partial charge on any atom is 0.224 e. The van der Waals surface area contributed by atoms with Crippen LogP contribution in [0.3, 0.4) is 0 Å². The monoisotopic (exact) mass is 293 g/mol. The third kappa shape index (κ3) is 4.07. The second-order valence-corrected chi connectivity index (χ2v) is 7.50. The molecule has 1 aliphatic heterocycles. The molecule has 0 aromatic carbocycles. The summed E-state index contributed by atoms with van der Waals surface area (Å²) in [5, 5.41) is 3.14. The van der Waals surface area contributed by atoms with Gasteiger partial charge in [0.15, 0.2) is 0 Å². The molecule has 0 radical (unpaired) electrons. The molecule has 0 aromatic heterocycles. The highest BCUT2D eigenvalue weighted by molar-refractivity contribution is 5.83. The van der Waals surface area contributed by atoms with Crippen molar-refractivity contribution in [2.45, 2.75) is 27.7 Å². The number of rotatable bonds is 5. The Bertz CT molecular complexity index is 404. The van der Waals surface area contributed by atoms with Gasteiger partial charge in [0.05, 0.1) is 5.92 Å². The summed E-state index contributed by atoms with van der Waals surface area (Å²) in [7, 11) is 2.16. The number of nitrogens with zero attached hydrogens (tertiary/aromatic N) is 2. The highest BCUT2D eigenvalue weighted by Gasteiger charge is 2.60. The van der Waals surface area contributed by atoms with Crippen LogP contribution in [0.25, 0.3) is 0 Å². The summed E-state index contributed by atoms with van der Waals surface area (Å²) in [6.07, 6.45) is 2.25. The van der Waals surface area contributed by atoms with E-state index in [1.165, 1.54) is 5.57 Å². The largest absolute Gasteiger partial charge is 0.355 e. The lowest BCUT2D eigenvalue weighted by molar-refractivity contribution is -0.123. The average Bonchev–Trinajstić information content (AvgIpc) is 2.92. The zero-order valence-electron chi connectivity index (χ0n) is 14.3. The molecule has 1 heterocycles. The fourth-order valence-corrected chi connectivity index (χ4v) is 3.37. The van der Waals surface area contributed by atoms with Crippen molar-refractivity contribution in [3.63, 3.8) is 0 Å². The summed E-state index contributed by atoms with van der Waals surface area (Å²) in [6, 6.07) is 0. The molecule has 1 amide bonds. The molecule has 120 valence electrons. The Kier molecular flexibility index (Phi) is 5.10. The van der Waals surface area contributed by atoms with Crippen LogP contribution in [0.5, 0.6) is 0 Å². The zero-order chi connectivity index (χ0) is 15.6. The topological polar surface area (TPSA) is 35.6 Å². The van der Waals surface area contributed by atoms with Crippen LogP contribution >= 0.6 is 0 Å². The van der Waals surface area contributed by atoms with E-state index < -0.39 is 0 Å². The number of hydrogen-bond donors (Lipinski definition) is 1. The molecule has 1 aliphatic carbocycles. The second-order valence-electron chi connectivity index (χ2n) is 7.50. The van der Waals surface area contributed by atoms with Crippen molar-refractivity contribution in [1.29, 1.82) is 0 Å². The van der Waals surface area contributed by atoms with E-state index in [0.717, 1.165) is 39.3 Å². The van der Waals surface area contributed by atoms with Crippen LogP contribution in [-0.2, 0) is 4.79 Å². The van der Waals surface area contributed by atoms with Gasteiger partial charge < -0.3 is 10.2 Å². The number of carbonyl (C=O) groups excluding carboxylic acids is 1. The molecule has 0 unspecified atom stereocenters. The van der Waals surface area contributed by atoms with E-state index >= 15 is 0 Å². The molecule has 0 bridgehead atoms. The van der Waals surface area contributed by atoms with Gasteiger partial charge in [0, 0.05) is 39.3 Å². The predicted molar refractivity (Wildman–Crippen MR) is 87.1 cm³/mol. The van der Waals surface area contributed by atoms with Gasteiger partial charge >= 0.3 is 0 Å². The molecule has 4 heteroatoms. The van der Waals surface area contributed by atoms with E-state index in [2.05, 4.69) is 55.9 Å². The molecule has 4 nitrogen and oxygen atoms in total. The first-order valence-electron chi connectivity index (χ1n) is 8.16. The quantitative estimate of drug-likeness (QED) is 0.782. The standard InChI is InChI=1S/C17H31N3O/c1-13(2)12-14-15(17(14,3)4)16(21)18-6-7-20-10-8-19(5)9-11-20/h12,14-15H,6-11H2,1-5H3,(H,18,21)/t14-,15-/m1/s1. The molecular weight excluding hydrogens is 262 g/mol. The van der Waals surface area contributed by atoms with Crippen molar-refractivity contribution in [1.82, 2.24) is 15.1 Å². The van der Waals surface area contributed by atoms with Crippen LogP contribution in [0, 0.1) is 17.3 Å². The van der Waals surface area contributed by atoms with Crippen LogP contribution in [0.4, 0.5) is 0 Å². The molecule has 2 aliphatic rings. The lowest BCUT2D eigenvalue weighted by Crippen LogP contribution is -2.47. The minimum Gasteiger partial charge on any atom is -0.355 e.